The van der Waals surface area contributed by atoms with Gasteiger partial charge in [-0.15, -0.1) is 0 Å². The van der Waals surface area contributed by atoms with Crippen LogP contribution in [0.5, 0.6) is 0 Å². The number of hydrogen-bond acceptors (Lipinski definition) is 4. The van der Waals surface area contributed by atoms with E-state index >= 15 is 0 Å². The van der Waals surface area contributed by atoms with Crippen molar-refractivity contribution in [1.82, 2.24) is 9.97 Å². The number of hydrogen-bond donors (Lipinski definition) is 1. The van der Waals surface area contributed by atoms with Gasteiger partial charge >= 0.3 is 0 Å². The number of nitrogens with two attached hydrogens (primary N) is 1. The Morgan fingerprint density at radius 1 is 1.57 bits per heavy atom. The van der Waals surface area contributed by atoms with Gasteiger partial charge in [-0.2, -0.15) is 0 Å². The second kappa shape index (κ2) is 4.11. The minimum absolute atomic E-state index is 0.492. The molecule has 5 heteroatoms. The summed E-state index contributed by atoms with van der Waals surface area (Å²) in [6.45, 7) is 2.73. The van der Waals surface area contributed by atoms with Gasteiger partial charge in [-0.1, -0.05) is 11.6 Å². The molecule has 0 aromatic carbocycles. The minimum atomic E-state index is 0.492. The van der Waals surface area contributed by atoms with Gasteiger partial charge in [0.1, 0.15) is 17.3 Å². The van der Waals surface area contributed by atoms with E-state index in [9.17, 15) is 0 Å². The molecule has 14 heavy (non-hydrogen) atoms. The van der Waals surface area contributed by atoms with Crippen molar-refractivity contribution in [2.45, 2.75) is 6.42 Å². The number of nitrogens with zero attached hydrogens (tertiary/aromatic N) is 3. The summed E-state index contributed by atoms with van der Waals surface area (Å²) < 4.78 is 0. The van der Waals surface area contributed by atoms with Gasteiger partial charge < -0.3 is 10.6 Å². The Morgan fingerprint density at radius 2 is 2.43 bits per heavy atom. The van der Waals surface area contributed by atoms with Gasteiger partial charge in [0, 0.05) is 19.2 Å². The fourth-order valence-electron chi connectivity index (χ4n) is 1.73. The van der Waals surface area contributed by atoms with Crippen LogP contribution in [0.25, 0.3) is 0 Å². The molecule has 0 unspecified atom stereocenters. The SMILES string of the molecule is NC[C@H]1CCN(c2cc(Cl)ncn2)C1. The van der Waals surface area contributed by atoms with Crippen LogP contribution in [0.2, 0.25) is 5.15 Å². The van der Waals surface area contributed by atoms with E-state index in [1.807, 2.05) is 0 Å². The van der Waals surface area contributed by atoms with Crippen LogP contribution >= 0.6 is 11.6 Å². The molecule has 76 valence electrons. The van der Waals surface area contributed by atoms with Crippen LogP contribution in [0, 0.1) is 5.92 Å². The average molecular weight is 213 g/mol. The van der Waals surface area contributed by atoms with Crippen molar-refractivity contribution in [3.63, 3.8) is 0 Å². The molecule has 0 spiro atoms. The Kier molecular flexibility index (Phi) is 2.84. The van der Waals surface area contributed by atoms with Crippen molar-refractivity contribution in [3.8, 4) is 0 Å². The summed E-state index contributed by atoms with van der Waals surface area (Å²) in [5.74, 6) is 1.49. The second-order valence-corrected chi connectivity index (χ2v) is 3.92. The molecule has 0 amide bonds. The first-order chi connectivity index (χ1) is 6.79. The summed E-state index contributed by atoms with van der Waals surface area (Å²) >= 11 is 5.79. The van der Waals surface area contributed by atoms with Crippen LogP contribution in [-0.2, 0) is 0 Å². The molecule has 1 aliphatic heterocycles. The van der Waals surface area contributed by atoms with Gasteiger partial charge in [-0.05, 0) is 18.9 Å². The van der Waals surface area contributed by atoms with Crippen molar-refractivity contribution >= 4 is 17.4 Å². The van der Waals surface area contributed by atoms with Crippen molar-refractivity contribution in [3.05, 3.63) is 17.5 Å². The molecule has 1 aliphatic rings. The van der Waals surface area contributed by atoms with Crippen LogP contribution in [0.3, 0.4) is 0 Å². The average Bonchev–Trinajstić information content (AvgIpc) is 2.66. The molecule has 2 N–H and O–H groups in total. The van der Waals surface area contributed by atoms with Gasteiger partial charge in [0.2, 0.25) is 0 Å². The van der Waals surface area contributed by atoms with Crippen molar-refractivity contribution in [2.75, 3.05) is 24.5 Å². The lowest BCUT2D eigenvalue weighted by atomic mass is 10.1. The van der Waals surface area contributed by atoms with Crippen molar-refractivity contribution in [2.24, 2.45) is 11.7 Å². The van der Waals surface area contributed by atoms with Crippen LogP contribution in [0.1, 0.15) is 6.42 Å². The van der Waals surface area contributed by atoms with Crippen LogP contribution in [0.15, 0.2) is 12.4 Å². The van der Waals surface area contributed by atoms with E-state index in [4.69, 9.17) is 17.3 Å². The fourth-order valence-corrected chi connectivity index (χ4v) is 1.87. The first kappa shape index (κ1) is 9.68. The van der Waals surface area contributed by atoms with E-state index < -0.39 is 0 Å². The third-order valence-corrected chi connectivity index (χ3v) is 2.77. The van der Waals surface area contributed by atoms with Crippen molar-refractivity contribution < 1.29 is 0 Å². The lowest BCUT2D eigenvalue weighted by Gasteiger charge is -2.16. The van der Waals surface area contributed by atoms with Crippen LogP contribution in [0.4, 0.5) is 5.82 Å². The third kappa shape index (κ3) is 1.96. The molecule has 0 bridgehead atoms. The molecule has 1 aromatic heterocycles. The van der Waals surface area contributed by atoms with Gasteiger partial charge in [0.25, 0.3) is 0 Å². The Labute approximate surface area is 88.1 Å². The zero-order valence-corrected chi connectivity index (χ0v) is 8.61. The summed E-state index contributed by atoms with van der Waals surface area (Å²) in [6, 6.07) is 1.79. The van der Waals surface area contributed by atoms with E-state index in [0.29, 0.717) is 11.1 Å². The molecule has 1 saturated heterocycles. The predicted octanol–water partition coefficient (Wildman–Crippen LogP) is 0.915. The monoisotopic (exact) mass is 212 g/mol. The van der Waals surface area contributed by atoms with Crippen molar-refractivity contribution in [1.29, 1.82) is 0 Å². The van der Waals surface area contributed by atoms with E-state index in [1.165, 1.54) is 6.33 Å². The van der Waals surface area contributed by atoms with E-state index in [0.717, 1.165) is 31.9 Å². The zero-order valence-electron chi connectivity index (χ0n) is 7.86. The molecule has 4 nitrogen and oxygen atoms in total. The normalized spacial score (nSPS) is 21.6. The number of rotatable bonds is 2. The van der Waals surface area contributed by atoms with Gasteiger partial charge in [-0.25, -0.2) is 9.97 Å². The maximum atomic E-state index is 5.79. The lowest BCUT2D eigenvalue weighted by molar-refractivity contribution is 0.602. The smallest absolute Gasteiger partial charge is 0.134 e. The first-order valence-corrected chi connectivity index (χ1v) is 5.10. The summed E-state index contributed by atoms with van der Waals surface area (Å²) in [5.41, 5.74) is 5.62. The number of anilines is 1. The standard InChI is InChI=1S/C9H13ClN4/c10-8-3-9(13-6-12-8)14-2-1-7(4-11)5-14/h3,6-7H,1-2,4-5,11H2/t7-/m1/s1. The molecule has 2 rings (SSSR count). The third-order valence-electron chi connectivity index (χ3n) is 2.56. The quantitative estimate of drug-likeness (QED) is 0.741. The molecule has 2 heterocycles. The molecule has 1 aromatic rings. The van der Waals surface area contributed by atoms with Gasteiger partial charge in [0.15, 0.2) is 0 Å². The highest BCUT2D eigenvalue weighted by Gasteiger charge is 2.22. The zero-order chi connectivity index (χ0) is 9.97. The summed E-state index contributed by atoms with van der Waals surface area (Å²) in [7, 11) is 0. The van der Waals surface area contributed by atoms with Gasteiger partial charge in [-0.3, -0.25) is 0 Å². The molecular formula is C9H13ClN4. The Hall–Kier alpha value is -0.870. The van der Waals surface area contributed by atoms with Crippen LogP contribution < -0.4 is 10.6 Å². The maximum absolute atomic E-state index is 5.79. The highest BCUT2D eigenvalue weighted by Crippen LogP contribution is 2.22. The Morgan fingerprint density at radius 3 is 3.07 bits per heavy atom. The van der Waals surface area contributed by atoms with E-state index in [-0.39, 0.29) is 0 Å². The molecular weight excluding hydrogens is 200 g/mol. The van der Waals surface area contributed by atoms with E-state index in [2.05, 4.69) is 14.9 Å². The molecule has 0 saturated carbocycles. The Bertz CT molecular complexity index is 317. The molecule has 1 atom stereocenters. The predicted molar refractivity (Wildman–Crippen MR) is 56.4 cm³/mol. The molecule has 0 radical (unpaired) electrons. The topological polar surface area (TPSA) is 55.0 Å². The number of halogens is 1. The summed E-state index contributed by atoms with van der Waals surface area (Å²) in [5, 5.41) is 0.492. The number of aromatic nitrogens is 2. The Balaban J connectivity index is 2.09. The van der Waals surface area contributed by atoms with Gasteiger partial charge in [0.05, 0.1) is 0 Å². The fraction of sp³-hybridized carbons (Fsp3) is 0.556. The van der Waals surface area contributed by atoms with Crippen LogP contribution in [-0.4, -0.2) is 29.6 Å². The molecule has 1 fully saturated rings. The second-order valence-electron chi connectivity index (χ2n) is 3.54. The maximum Gasteiger partial charge on any atom is 0.134 e. The molecule has 0 aliphatic carbocycles. The van der Waals surface area contributed by atoms with E-state index in [1.54, 1.807) is 6.07 Å². The lowest BCUT2D eigenvalue weighted by Crippen LogP contribution is -2.23. The highest BCUT2D eigenvalue weighted by molar-refractivity contribution is 6.29. The summed E-state index contributed by atoms with van der Waals surface area (Å²) in [6.07, 6.45) is 2.63. The summed E-state index contributed by atoms with van der Waals surface area (Å²) in [4.78, 5) is 10.2. The minimum Gasteiger partial charge on any atom is -0.356 e. The highest BCUT2D eigenvalue weighted by atomic mass is 35.5. The largest absolute Gasteiger partial charge is 0.356 e. The first-order valence-electron chi connectivity index (χ1n) is 4.72.